The molecule has 2 aliphatic carbocycles. The normalized spacial score (nSPS) is 25.5. The lowest BCUT2D eigenvalue weighted by atomic mass is 9.95. The molecule has 0 aromatic rings. The van der Waals surface area contributed by atoms with Gasteiger partial charge in [0.1, 0.15) is 0 Å². The molecule has 0 atom stereocenters. The number of alkyl halides is 2. The highest BCUT2D eigenvalue weighted by Crippen LogP contribution is 2.18. The van der Waals surface area contributed by atoms with Crippen LogP contribution in [0.25, 0.3) is 0 Å². The zero-order valence-electron chi connectivity index (χ0n) is 15.8. The van der Waals surface area contributed by atoms with Crippen LogP contribution >= 0.6 is 0 Å². The Morgan fingerprint density at radius 3 is 2.17 bits per heavy atom. The van der Waals surface area contributed by atoms with Crippen LogP contribution in [0.4, 0.5) is 0 Å². The number of amides is 1. The Morgan fingerprint density at radius 2 is 1.46 bits per heavy atom. The predicted molar refractivity (Wildman–Crippen MR) is 99.1 cm³/mol. The van der Waals surface area contributed by atoms with E-state index in [-0.39, 0.29) is 0 Å². The van der Waals surface area contributed by atoms with E-state index < -0.39 is 0 Å². The Morgan fingerprint density at radius 1 is 0.833 bits per heavy atom. The second-order valence-electron chi connectivity index (χ2n) is 7.90. The maximum Gasteiger partial charge on any atom is 0.275 e. The number of rotatable bonds is 10. The van der Waals surface area contributed by atoms with Gasteiger partial charge in [-0.25, -0.2) is 0 Å². The van der Waals surface area contributed by atoms with Crippen LogP contribution in [-0.2, 0) is 4.79 Å². The van der Waals surface area contributed by atoms with Crippen LogP contribution in [0, 0.1) is 0 Å². The first kappa shape index (κ1) is 20.5. The molecule has 2 rings (SSSR count). The van der Waals surface area contributed by atoms with Gasteiger partial charge in [-0.1, -0.05) is 45.4 Å². The third-order valence-electron chi connectivity index (χ3n) is 5.67. The first-order chi connectivity index (χ1) is 11.8. The van der Waals surface area contributed by atoms with Crippen LogP contribution in [0.15, 0.2) is 0 Å². The van der Waals surface area contributed by atoms with Crippen LogP contribution in [0.2, 0.25) is 0 Å². The van der Waals surface area contributed by atoms with Crippen molar-refractivity contribution < 1.29 is 26.0 Å². The van der Waals surface area contributed by atoms with Gasteiger partial charge in [0.2, 0.25) is 5.91 Å². The van der Waals surface area contributed by atoms with E-state index in [0.717, 1.165) is 20.7 Å². The number of nitrogens with one attached hydrogen (secondary N) is 1. The Labute approximate surface area is 160 Å². The second-order valence-corrected chi connectivity index (χ2v) is 12.1. The summed E-state index contributed by atoms with van der Waals surface area (Å²) in [6.45, 7) is 2.25. The van der Waals surface area contributed by atoms with Gasteiger partial charge in [0, 0.05) is 12.5 Å². The molecule has 0 aromatic heterocycles. The lowest BCUT2D eigenvalue weighted by Crippen LogP contribution is -3.68. The largest absolute Gasteiger partial charge is 0.353 e. The summed E-state index contributed by atoms with van der Waals surface area (Å²) in [7, 11) is 0. The van der Waals surface area contributed by atoms with Crippen LogP contribution in [0.3, 0.4) is 0 Å². The van der Waals surface area contributed by atoms with Gasteiger partial charge in [0.25, 0.3) is 21.2 Å². The van der Waals surface area contributed by atoms with E-state index >= 15 is 0 Å². The number of hydrogen-bond donors (Lipinski definition) is 1. The molecule has 3 heteroatoms. The van der Waals surface area contributed by atoms with E-state index in [4.69, 9.17) is 0 Å². The molecule has 0 bridgehead atoms. The van der Waals surface area contributed by atoms with Crippen molar-refractivity contribution in [1.82, 2.24) is 5.32 Å². The van der Waals surface area contributed by atoms with E-state index in [1.807, 2.05) is 0 Å². The molecule has 2 fully saturated rings. The van der Waals surface area contributed by atoms with Gasteiger partial charge in [0.05, 0.1) is 0 Å². The predicted octanol–water partition coefficient (Wildman–Crippen LogP) is 2.59. The summed E-state index contributed by atoms with van der Waals surface area (Å²) >= 11 is 0.412. The van der Waals surface area contributed by atoms with Gasteiger partial charge in [-0.2, -0.15) is 0 Å². The lowest BCUT2D eigenvalue weighted by Gasteiger charge is -2.25. The lowest BCUT2D eigenvalue weighted by molar-refractivity contribution is -0.726. The molecule has 0 unspecified atom stereocenters. The molecule has 0 aromatic carbocycles. The monoisotopic (exact) mass is 448 g/mol. The van der Waals surface area contributed by atoms with Crippen molar-refractivity contribution in [2.24, 2.45) is 0 Å². The van der Waals surface area contributed by atoms with Gasteiger partial charge in [-0.3, -0.25) is 4.79 Å². The summed E-state index contributed by atoms with van der Waals surface area (Å²) in [4.78, 5) is 12.1. The van der Waals surface area contributed by atoms with E-state index in [9.17, 15) is 4.79 Å². The van der Waals surface area contributed by atoms with Gasteiger partial charge in [-0.05, 0) is 57.8 Å². The highest BCUT2D eigenvalue weighted by Gasteiger charge is 2.36. The average Bonchev–Trinajstić information content (AvgIpc) is 2.61. The standard InChI is InChI=1S/C21H38INO/c1-2-3-4-5-6-10-13-21(24)23-20-16-14-19(15-17-20)22-18-11-8-7-9-12-18/h18-20H,2-17H2,1H3/p+1. The molecule has 2 aliphatic rings. The molecule has 1 N–H and O–H groups in total. The van der Waals surface area contributed by atoms with Gasteiger partial charge >= 0.3 is 0 Å². The highest BCUT2D eigenvalue weighted by atomic mass is 127. The molecule has 24 heavy (non-hydrogen) atoms. The van der Waals surface area contributed by atoms with E-state index in [1.54, 1.807) is 0 Å². The number of carbonyl (C=O) groups excluding carboxylic acids is 1. The molecule has 2 nitrogen and oxygen atoms in total. The zero-order valence-corrected chi connectivity index (χ0v) is 18.0. The van der Waals surface area contributed by atoms with Crippen LogP contribution in [0.5, 0.6) is 0 Å². The summed E-state index contributed by atoms with van der Waals surface area (Å²) in [5, 5.41) is 3.32. The summed E-state index contributed by atoms with van der Waals surface area (Å²) in [5.41, 5.74) is 0. The molecule has 140 valence electrons. The number of unbranched alkanes of at least 4 members (excludes halogenated alkanes) is 5. The first-order valence-electron chi connectivity index (χ1n) is 10.7. The first-order valence-corrected chi connectivity index (χ1v) is 13.2. The molecular weight excluding hydrogens is 409 g/mol. The number of hydrogen-bond acceptors (Lipinski definition) is 1. The Hall–Kier alpha value is 0.200. The van der Waals surface area contributed by atoms with Crippen LogP contribution in [0.1, 0.15) is 110 Å². The summed E-state index contributed by atoms with van der Waals surface area (Å²) < 4.78 is 2.18. The van der Waals surface area contributed by atoms with Crippen molar-refractivity contribution in [3.05, 3.63) is 0 Å². The van der Waals surface area contributed by atoms with Crippen molar-refractivity contribution in [2.75, 3.05) is 0 Å². The molecule has 0 spiro atoms. The van der Waals surface area contributed by atoms with Gasteiger partial charge < -0.3 is 5.32 Å². The quantitative estimate of drug-likeness (QED) is 0.311. The topological polar surface area (TPSA) is 29.1 Å². The Bertz CT molecular complexity index is 333. The Balaban J connectivity index is 1.50. The maximum absolute atomic E-state index is 12.1. The van der Waals surface area contributed by atoms with E-state index in [0.29, 0.717) is 33.2 Å². The van der Waals surface area contributed by atoms with E-state index in [2.05, 4.69) is 12.2 Å². The van der Waals surface area contributed by atoms with Crippen molar-refractivity contribution in [3.63, 3.8) is 0 Å². The molecule has 0 heterocycles. The molecule has 0 saturated heterocycles. The third kappa shape index (κ3) is 8.53. The fourth-order valence-electron chi connectivity index (χ4n) is 4.12. The third-order valence-corrected chi connectivity index (χ3v) is 10.2. The van der Waals surface area contributed by atoms with Crippen molar-refractivity contribution in [2.45, 2.75) is 124 Å². The van der Waals surface area contributed by atoms with E-state index in [1.165, 1.54) is 89.9 Å². The van der Waals surface area contributed by atoms with Crippen molar-refractivity contribution in [1.29, 1.82) is 0 Å². The van der Waals surface area contributed by atoms with Gasteiger partial charge in [-0.15, -0.1) is 0 Å². The molecule has 2 saturated carbocycles. The van der Waals surface area contributed by atoms with Crippen LogP contribution < -0.4 is 26.5 Å². The molecule has 0 radical (unpaired) electrons. The Kier molecular flexibility index (Phi) is 10.7. The SMILES string of the molecule is CCCCCCCCC(=O)NC1CCC([I+]C2CCCCC2)CC1. The minimum absolute atomic E-state index is 0.316. The van der Waals surface area contributed by atoms with Crippen molar-refractivity contribution >= 4 is 5.91 Å². The summed E-state index contributed by atoms with van der Waals surface area (Å²) in [6, 6.07) is 0.490. The van der Waals surface area contributed by atoms with Gasteiger partial charge in [0.15, 0.2) is 7.85 Å². The smallest absolute Gasteiger partial charge is 0.275 e. The molecular formula is C21H39INO+. The fourth-order valence-corrected chi connectivity index (χ4v) is 8.60. The fraction of sp³-hybridized carbons (Fsp3) is 0.952. The number of carbonyl (C=O) groups is 1. The van der Waals surface area contributed by atoms with Crippen molar-refractivity contribution in [3.8, 4) is 0 Å². The average molecular weight is 448 g/mol. The highest BCUT2D eigenvalue weighted by molar-refractivity contribution is 5.76. The molecule has 1 amide bonds. The molecule has 0 aliphatic heterocycles. The summed E-state index contributed by atoms with van der Waals surface area (Å²) in [5.74, 6) is 0.316. The summed E-state index contributed by atoms with van der Waals surface area (Å²) in [6.07, 6.45) is 21.2. The van der Waals surface area contributed by atoms with Crippen LogP contribution in [-0.4, -0.2) is 19.8 Å². The second kappa shape index (κ2) is 12.5. The maximum atomic E-state index is 12.1. The minimum Gasteiger partial charge on any atom is -0.353 e. The zero-order chi connectivity index (χ0) is 17.0. The number of halogens is 1. The minimum atomic E-state index is 0.316.